The van der Waals surface area contributed by atoms with Crippen molar-refractivity contribution >= 4 is 10.0 Å². The quantitative estimate of drug-likeness (QED) is 0.915. The van der Waals surface area contributed by atoms with E-state index in [4.69, 9.17) is 0 Å². The Kier molecular flexibility index (Phi) is 4.25. The second-order valence-corrected chi connectivity index (χ2v) is 6.66. The third-order valence-corrected chi connectivity index (χ3v) is 4.57. The summed E-state index contributed by atoms with van der Waals surface area (Å²) in [6, 6.07) is 10.1. The van der Waals surface area contributed by atoms with Crippen molar-refractivity contribution in [1.29, 1.82) is 0 Å². The van der Waals surface area contributed by atoms with Crippen LogP contribution in [0.25, 0.3) is 0 Å². The summed E-state index contributed by atoms with van der Waals surface area (Å²) >= 11 is 0. The monoisotopic (exact) mass is 293 g/mol. The Morgan fingerprint density at radius 1 is 1.25 bits per heavy atom. The predicted molar refractivity (Wildman–Crippen MR) is 77.9 cm³/mol. The molecule has 0 fully saturated rings. The van der Waals surface area contributed by atoms with E-state index in [-0.39, 0.29) is 10.9 Å². The van der Waals surface area contributed by atoms with Gasteiger partial charge in [0.05, 0.1) is 17.1 Å². The van der Waals surface area contributed by atoms with Gasteiger partial charge in [-0.1, -0.05) is 18.2 Å². The molecular weight excluding hydrogens is 274 g/mol. The molecule has 0 unspecified atom stereocenters. The van der Waals surface area contributed by atoms with E-state index in [2.05, 4.69) is 9.82 Å². The van der Waals surface area contributed by atoms with E-state index >= 15 is 0 Å². The van der Waals surface area contributed by atoms with Crippen molar-refractivity contribution in [3.63, 3.8) is 0 Å². The van der Waals surface area contributed by atoms with Crippen LogP contribution in [0.2, 0.25) is 0 Å². The van der Waals surface area contributed by atoms with Gasteiger partial charge >= 0.3 is 0 Å². The minimum atomic E-state index is -3.48. The van der Waals surface area contributed by atoms with Crippen LogP contribution >= 0.6 is 0 Å². The average molecular weight is 293 g/mol. The highest BCUT2D eigenvalue weighted by molar-refractivity contribution is 7.89. The molecule has 0 spiro atoms. The normalized spacial score (nSPS) is 13.3. The molecule has 108 valence electrons. The highest BCUT2D eigenvalue weighted by Crippen LogP contribution is 2.09. The fourth-order valence-electron chi connectivity index (χ4n) is 2.09. The van der Waals surface area contributed by atoms with Crippen LogP contribution in [0.15, 0.2) is 41.3 Å². The van der Waals surface area contributed by atoms with Crippen LogP contribution in [-0.4, -0.2) is 24.2 Å². The average Bonchev–Trinajstić information content (AvgIpc) is 2.68. The van der Waals surface area contributed by atoms with Crippen molar-refractivity contribution in [2.75, 3.05) is 0 Å². The third kappa shape index (κ3) is 3.46. The Hall–Kier alpha value is -1.66. The van der Waals surface area contributed by atoms with Crippen LogP contribution in [0.4, 0.5) is 0 Å². The zero-order chi connectivity index (χ0) is 14.8. The minimum Gasteiger partial charge on any atom is -0.268 e. The van der Waals surface area contributed by atoms with E-state index in [1.165, 1.54) is 0 Å². The van der Waals surface area contributed by atoms with Crippen molar-refractivity contribution in [3.8, 4) is 0 Å². The molecule has 1 aromatic carbocycles. The molecule has 0 aliphatic carbocycles. The molecule has 1 heterocycles. The number of aromatic nitrogens is 2. The van der Waals surface area contributed by atoms with Crippen molar-refractivity contribution in [2.24, 2.45) is 0 Å². The van der Waals surface area contributed by atoms with Gasteiger partial charge in [-0.25, -0.2) is 13.1 Å². The number of benzene rings is 1. The van der Waals surface area contributed by atoms with Gasteiger partial charge in [0.2, 0.25) is 10.0 Å². The summed E-state index contributed by atoms with van der Waals surface area (Å²) in [6.45, 7) is 6.21. The van der Waals surface area contributed by atoms with Gasteiger partial charge in [0.25, 0.3) is 0 Å². The molecule has 0 aliphatic heterocycles. The molecule has 1 N–H and O–H groups in total. The molecule has 0 saturated heterocycles. The molecule has 2 aromatic rings. The van der Waals surface area contributed by atoms with Gasteiger partial charge in [0.1, 0.15) is 0 Å². The van der Waals surface area contributed by atoms with E-state index in [0.717, 1.165) is 11.4 Å². The summed E-state index contributed by atoms with van der Waals surface area (Å²) in [5.74, 6) is 0. The Bertz CT molecular complexity index is 678. The van der Waals surface area contributed by atoms with Gasteiger partial charge in [-0.05, 0) is 39.0 Å². The van der Waals surface area contributed by atoms with E-state index in [9.17, 15) is 8.42 Å². The first-order chi connectivity index (χ1) is 9.38. The van der Waals surface area contributed by atoms with Gasteiger partial charge in [0, 0.05) is 11.7 Å². The smallest absolute Gasteiger partial charge is 0.240 e. The van der Waals surface area contributed by atoms with Crippen LogP contribution in [0.1, 0.15) is 18.3 Å². The molecule has 0 bridgehead atoms. The maximum atomic E-state index is 12.2. The number of nitrogens with one attached hydrogen (secondary N) is 1. The van der Waals surface area contributed by atoms with Crippen LogP contribution in [0.3, 0.4) is 0 Å². The summed E-state index contributed by atoms with van der Waals surface area (Å²) < 4.78 is 28.8. The molecule has 0 saturated carbocycles. The number of aryl methyl sites for hydroxylation is 2. The molecule has 0 radical (unpaired) electrons. The van der Waals surface area contributed by atoms with Gasteiger partial charge in [-0.15, -0.1) is 0 Å². The zero-order valence-electron chi connectivity index (χ0n) is 11.9. The van der Waals surface area contributed by atoms with Crippen molar-refractivity contribution in [3.05, 3.63) is 47.8 Å². The number of rotatable bonds is 5. The Morgan fingerprint density at radius 2 is 1.90 bits per heavy atom. The van der Waals surface area contributed by atoms with Crippen molar-refractivity contribution in [1.82, 2.24) is 14.5 Å². The molecular formula is C14H19N3O2S. The van der Waals surface area contributed by atoms with Gasteiger partial charge in [-0.3, -0.25) is 4.68 Å². The van der Waals surface area contributed by atoms with Crippen LogP contribution in [-0.2, 0) is 16.6 Å². The van der Waals surface area contributed by atoms with E-state index in [1.807, 2.05) is 31.5 Å². The van der Waals surface area contributed by atoms with Crippen molar-refractivity contribution < 1.29 is 8.42 Å². The van der Waals surface area contributed by atoms with Crippen LogP contribution < -0.4 is 4.72 Å². The lowest BCUT2D eigenvalue weighted by molar-refractivity contribution is 0.485. The van der Waals surface area contributed by atoms with Crippen molar-refractivity contribution in [2.45, 2.75) is 38.3 Å². The van der Waals surface area contributed by atoms with Crippen LogP contribution in [0.5, 0.6) is 0 Å². The van der Waals surface area contributed by atoms with Crippen LogP contribution in [0, 0.1) is 13.8 Å². The predicted octanol–water partition coefficient (Wildman–Crippen LogP) is 1.87. The third-order valence-electron chi connectivity index (χ3n) is 2.96. The number of hydrogen-bond donors (Lipinski definition) is 1. The lowest BCUT2D eigenvalue weighted by Gasteiger charge is -2.15. The molecule has 0 aliphatic rings. The molecule has 0 amide bonds. The standard InChI is InChI=1S/C14H19N3O2S/c1-11-9-13(3)17(15-11)10-12(2)16-20(18,19)14-7-5-4-6-8-14/h4-9,12,16H,10H2,1-3H3/t12-/m1/s1. The summed E-state index contributed by atoms with van der Waals surface area (Å²) in [7, 11) is -3.48. The Balaban J connectivity index is 2.08. The van der Waals surface area contributed by atoms with Gasteiger partial charge < -0.3 is 0 Å². The molecule has 2 rings (SSSR count). The van der Waals surface area contributed by atoms with Gasteiger partial charge in [0.15, 0.2) is 0 Å². The maximum Gasteiger partial charge on any atom is 0.240 e. The topological polar surface area (TPSA) is 64.0 Å². The summed E-state index contributed by atoms with van der Waals surface area (Å²) in [6.07, 6.45) is 0. The molecule has 5 nitrogen and oxygen atoms in total. The molecule has 1 aromatic heterocycles. The second kappa shape index (κ2) is 5.76. The first kappa shape index (κ1) is 14.7. The van der Waals surface area contributed by atoms with E-state index in [1.54, 1.807) is 30.3 Å². The number of sulfonamides is 1. The summed E-state index contributed by atoms with van der Waals surface area (Å²) in [4.78, 5) is 0.278. The summed E-state index contributed by atoms with van der Waals surface area (Å²) in [5.41, 5.74) is 1.95. The van der Waals surface area contributed by atoms with E-state index < -0.39 is 10.0 Å². The first-order valence-electron chi connectivity index (χ1n) is 6.47. The lowest BCUT2D eigenvalue weighted by Crippen LogP contribution is -2.36. The lowest BCUT2D eigenvalue weighted by atomic mass is 10.3. The molecule has 1 atom stereocenters. The minimum absolute atomic E-state index is 0.238. The second-order valence-electron chi connectivity index (χ2n) is 4.94. The largest absolute Gasteiger partial charge is 0.268 e. The zero-order valence-corrected chi connectivity index (χ0v) is 12.7. The Morgan fingerprint density at radius 3 is 2.45 bits per heavy atom. The molecule has 20 heavy (non-hydrogen) atoms. The highest BCUT2D eigenvalue weighted by Gasteiger charge is 2.17. The summed E-state index contributed by atoms with van der Waals surface area (Å²) in [5, 5.41) is 4.33. The molecule has 6 heteroatoms. The SMILES string of the molecule is Cc1cc(C)n(C[C@@H](C)NS(=O)(=O)c2ccccc2)n1. The Labute approximate surface area is 119 Å². The maximum absolute atomic E-state index is 12.2. The fourth-order valence-corrected chi connectivity index (χ4v) is 3.34. The number of nitrogens with zero attached hydrogens (tertiary/aromatic N) is 2. The number of hydrogen-bond acceptors (Lipinski definition) is 3. The first-order valence-corrected chi connectivity index (χ1v) is 7.95. The van der Waals surface area contributed by atoms with E-state index in [0.29, 0.717) is 6.54 Å². The van der Waals surface area contributed by atoms with Gasteiger partial charge in [-0.2, -0.15) is 5.10 Å². The highest BCUT2D eigenvalue weighted by atomic mass is 32.2. The fraction of sp³-hybridized carbons (Fsp3) is 0.357.